The quantitative estimate of drug-likeness (QED) is 0.110. The molecular weight excluding hydrogens is 573 g/mol. The first-order valence-electron chi connectivity index (χ1n) is 13.7. The fourth-order valence-corrected chi connectivity index (χ4v) is 7.11. The van der Waals surface area contributed by atoms with E-state index in [9.17, 15) is 37.7 Å². The van der Waals surface area contributed by atoms with Crippen LogP contribution >= 0.6 is 0 Å². The molecule has 0 saturated carbocycles. The molecule has 2 aliphatic heterocycles. The number of hydrogen-bond donors (Lipinski definition) is 0. The van der Waals surface area contributed by atoms with Gasteiger partial charge in [-0.05, 0) is 29.3 Å². The Hall–Kier alpha value is -5.38. The maximum Gasteiger partial charge on any atom is 0.416 e. The van der Waals surface area contributed by atoms with Crippen LogP contribution in [0.25, 0.3) is 6.08 Å². The van der Waals surface area contributed by atoms with Crippen LogP contribution in [-0.4, -0.2) is 34.4 Å². The third-order valence-electron chi connectivity index (χ3n) is 8.92. The number of nitro benzene ring substituents is 1. The van der Waals surface area contributed by atoms with E-state index < -0.39 is 57.4 Å². The number of rotatable bonds is 4. The Labute approximate surface area is 248 Å². The van der Waals surface area contributed by atoms with Gasteiger partial charge in [0.15, 0.2) is 17.3 Å². The molecule has 10 heteroatoms. The minimum atomic E-state index is -4.64. The van der Waals surface area contributed by atoms with Crippen LogP contribution in [0.2, 0.25) is 0 Å². The molecular formula is C34H21F3N2O5. The van der Waals surface area contributed by atoms with Crippen molar-refractivity contribution in [3.63, 3.8) is 0 Å². The van der Waals surface area contributed by atoms with Crippen LogP contribution in [0.1, 0.15) is 53.7 Å². The van der Waals surface area contributed by atoms with Gasteiger partial charge in [0.1, 0.15) is 11.5 Å². The Balaban J connectivity index is 1.53. The van der Waals surface area contributed by atoms with E-state index >= 15 is 0 Å². The predicted molar refractivity (Wildman–Crippen MR) is 155 cm³/mol. The number of fused-ring (bicyclic) bond motifs is 5. The minimum absolute atomic E-state index is 0.0284. The topological polar surface area (TPSA) is 97.6 Å². The summed E-state index contributed by atoms with van der Waals surface area (Å²) in [5.74, 6) is -2.92. The Morgan fingerprint density at radius 1 is 0.841 bits per heavy atom. The number of ketones is 3. The van der Waals surface area contributed by atoms with E-state index in [2.05, 4.69) is 0 Å². The summed E-state index contributed by atoms with van der Waals surface area (Å²) in [6, 6.07) is 20.5. The molecule has 4 aromatic rings. The molecule has 0 bridgehead atoms. The van der Waals surface area contributed by atoms with Crippen molar-refractivity contribution in [3.05, 3.63) is 147 Å². The van der Waals surface area contributed by atoms with Gasteiger partial charge in [-0.3, -0.25) is 24.5 Å². The molecule has 1 aliphatic carbocycles. The summed E-state index contributed by atoms with van der Waals surface area (Å²) in [5.41, 5.74) is -1.40. The monoisotopic (exact) mass is 594 g/mol. The van der Waals surface area contributed by atoms with Crippen LogP contribution in [0.5, 0.6) is 0 Å². The molecule has 7 rings (SSSR count). The average molecular weight is 595 g/mol. The van der Waals surface area contributed by atoms with Crippen molar-refractivity contribution < 1.29 is 32.5 Å². The Kier molecular flexibility index (Phi) is 5.97. The number of para-hydroxylation sites is 1. The molecule has 1 spiro atoms. The highest BCUT2D eigenvalue weighted by Gasteiger charge is 2.71. The molecule has 0 radical (unpaired) electrons. The molecule has 1 saturated heterocycles. The number of halogens is 3. The van der Waals surface area contributed by atoms with Crippen molar-refractivity contribution in [2.24, 2.45) is 5.41 Å². The van der Waals surface area contributed by atoms with E-state index in [0.29, 0.717) is 11.3 Å². The average Bonchev–Trinajstić information content (AvgIpc) is 3.46. The molecule has 1 fully saturated rings. The first-order valence-corrected chi connectivity index (χ1v) is 13.7. The van der Waals surface area contributed by atoms with E-state index in [0.717, 1.165) is 18.2 Å². The summed E-state index contributed by atoms with van der Waals surface area (Å²) < 4.78 is 40.8. The lowest BCUT2D eigenvalue weighted by Crippen LogP contribution is -2.48. The Bertz CT molecular complexity index is 1900. The number of alkyl halides is 3. The Morgan fingerprint density at radius 2 is 1.48 bits per heavy atom. The third kappa shape index (κ3) is 3.73. The van der Waals surface area contributed by atoms with E-state index in [1.807, 2.05) is 6.07 Å². The second-order valence-corrected chi connectivity index (χ2v) is 11.1. The molecule has 0 unspecified atom stereocenters. The van der Waals surface area contributed by atoms with Gasteiger partial charge in [0.25, 0.3) is 5.69 Å². The molecule has 3 aliphatic rings. The smallest absolute Gasteiger partial charge is 0.352 e. The van der Waals surface area contributed by atoms with Gasteiger partial charge in [-0.25, -0.2) is 0 Å². The fraction of sp³-hybridized carbons (Fsp3) is 0.147. The second kappa shape index (κ2) is 9.57. The van der Waals surface area contributed by atoms with Gasteiger partial charge < -0.3 is 4.90 Å². The predicted octanol–water partition coefficient (Wildman–Crippen LogP) is 6.93. The summed E-state index contributed by atoms with van der Waals surface area (Å²) in [6.07, 6.45) is -1.17. The van der Waals surface area contributed by atoms with Gasteiger partial charge >= 0.3 is 6.18 Å². The number of anilines is 1. The highest BCUT2D eigenvalue weighted by Crippen LogP contribution is 2.61. The molecule has 0 amide bonds. The number of hydrogen-bond acceptors (Lipinski definition) is 6. The van der Waals surface area contributed by atoms with E-state index in [-0.39, 0.29) is 27.9 Å². The lowest BCUT2D eigenvalue weighted by molar-refractivity contribution is -0.384. The van der Waals surface area contributed by atoms with Crippen LogP contribution in [0.4, 0.5) is 24.5 Å². The van der Waals surface area contributed by atoms with Crippen molar-refractivity contribution in [2.75, 3.05) is 4.90 Å². The minimum Gasteiger partial charge on any atom is -0.352 e. The highest BCUT2D eigenvalue weighted by atomic mass is 19.4. The highest BCUT2D eigenvalue weighted by molar-refractivity contribution is 6.32. The summed E-state index contributed by atoms with van der Waals surface area (Å²) >= 11 is 0. The number of carbonyl (C=O) groups excluding carboxylic acids is 3. The maximum atomic E-state index is 14.6. The molecule has 3 atom stereocenters. The van der Waals surface area contributed by atoms with Gasteiger partial charge in [0, 0.05) is 40.4 Å². The summed E-state index contributed by atoms with van der Waals surface area (Å²) in [6.45, 7) is 0. The molecule has 2 heterocycles. The van der Waals surface area contributed by atoms with Gasteiger partial charge in [-0.2, -0.15) is 13.2 Å². The number of Topliss-reactive ketones (excluding diaryl/α,β-unsaturated/α-hetero) is 3. The van der Waals surface area contributed by atoms with Crippen molar-refractivity contribution in [1.29, 1.82) is 0 Å². The molecule has 44 heavy (non-hydrogen) atoms. The standard InChI is InChI=1S/C34H21F3N2O5/c35-34(36,37)22-15-12-20(13-16-22)28-29(30(40)21-7-5-8-23(18-21)39(43)44)38-26-11-4-1-6-19(26)14-17-27(38)33(28)31(41)24-9-2-3-10-25(24)32(33)42/h1-18,27-29H/t27-,28-,29-/m0/s1. The summed E-state index contributed by atoms with van der Waals surface area (Å²) in [5, 5.41) is 11.6. The van der Waals surface area contributed by atoms with Crippen molar-refractivity contribution in [2.45, 2.75) is 24.2 Å². The second-order valence-electron chi connectivity index (χ2n) is 11.1. The lowest BCUT2D eigenvalue weighted by Gasteiger charge is -2.37. The van der Waals surface area contributed by atoms with Crippen molar-refractivity contribution >= 4 is 34.8 Å². The van der Waals surface area contributed by atoms with Crippen LogP contribution in [0.3, 0.4) is 0 Å². The van der Waals surface area contributed by atoms with Gasteiger partial charge in [-0.1, -0.05) is 78.9 Å². The zero-order valence-electron chi connectivity index (χ0n) is 22.7. The van der Waals surface area contributed by atoms with E-state index in [4.69, 9.17) is 0 Å². The summed E-state index contributed by atoms with van der Waals surface area (Å²) in [7, 11) is 0. The lowest BCUT2D eigenvalue weighted by atomic mass is 9.64. The first kappa shape index (κ1) is 27.5. The normalized spacial score (nSPS) is 21.2. The zero-order valence-corrected chi connectivity index (χ0v) is 22.7. The molecule has 4 aromatic carbocycles. The van der Waals surface area contributed by atoms with E-state index in [1.54, 1.807) is 47.4 Å². The maximum absolute atomic E-state index is 14.6. The van der Waals surface area contributed by atoms with Crippen molar-refractivity contribution in [3.8, 4) is 0 Å². The molecule has 0 N–H and O–H groups in total. The molecule has 218 valence electrons. The number of benzene rings is 4. The number of nitro groups is 1. The fourth-order valence-electron chi connectivity index (χ4n) is 7.11. The molecule has 7 nitrogen and oxygen atoms in total. The van der Waals surface area contributed by atoms with Crippen molar-refractivity contribution in [1.82, 2.24) is 0 Å². The number of carbonyl (C=O) groups is 3. The Morgan fingerprint density at radius 3 is 2.11 bits per heavy atom. The number of non-ortho nitro benzene ring substituents is 1. The van der Waals surface area contributed by atoms with Crippen LogP contribution in [0, 0.1) is 15.5 Å². The number of nitrogens with zero attached hydrogens (tertiary/aromatic N) is 2. The zero-order chi connectivity index (χ0) is 31.0. The van der Waals surface area contributed by atoms with Gasteiger partial charge in [-0.15, -0.1) is 0 Å². The van der Waals surface area contributed by atoms with Crippen LogP contribution in [0.15, 0.2) is 103 Å². The largest absolute Gasteiger partial charge is 0.416 e. The van der Waals surface area contributed by atoms with Crippen LogP contribution in [-0.2, 0) is 6.18 Å². The first-order chi connectivity index (χ1) is 21.0. The van der Waals surface area contributed by atoms with Gasteiger partial charge in [0.2, 0.25) is 0 Å². The SMILES string of the molecule is O=C(c1cccc([N+](=O)[O-])c1)[C@@H]1[C@H](c2ccc(C(F)(F)F)cc2)C2(C(=O)c3ccccc3C2=O)[C@@H]2C=Cc3ccccc3N12. The third-order valence-corrected chi connectivity index (χ3v) is 8.92. The van der Waals surface area contributed by atoms with Crippen LogP contribution < -0.4 is 4.90 Å². The van der Waals surface area contributed by atoms with E-state index in [1.165, 1.54) is 42.5 Å². The van der Waals surface area contributed by atoms with Gasteiger partial charge in [0.05, 0.1) is 16.5 Å². The summed E-state index contributed by atoms with van der Waals surface area (Å²) in [4.78, 5) is 56.5. The molecule has 0 aromatic heterocycles.